The average molecular weight is 1210 g/mol. The molecule has 5 fully saturated rings. The molecule has 5 saturated heterocycles. The summed E-state index contributed by atoms with van der Waals surface area (Å²) in [5.74, 6) is -3.54. The van der Waals surface area contributed by atoms with Gasteiger partial charge in [0, 0.05) is 58.5 Å². The highest BCUT2D eigenvalue weighted by molar-refractivity contribution is 5.73. The lowest BCUT2D eigenvalue weighted by Gasteiger charge is -2.50. The van der Waals surface area contributed by atoms with E-state index in [9.17, 15) is 101 Å². The summed E-state index contributed by atoms with van der Waals surface area (Å²) in [6.45, 7) is 0.829. The minimum atomic E-state index is -2.31. The maximum atomic E-state index is 12.7. The highest BCUT2D eigenvalue weighted by atomic mass is 16.8. The van der Waals surface area contributed by atoms with Crippen LogP contribution in [0.3, 0.4) is 0 Å². The lowest BCUT2D eigenvalue weighted by Crippen LogP contribution is -2.70. The second-order valence-corrected chi connectivity index (χ2v) is 20.8. The summed E-state index contributed by atoms with van der Waals surface area (Å²) in [5, 5.41) is 198. The van der Waals surface area contributed by atoms with Gasteiger partial charge in [-0.25, -0.2) is 0 Å². The zero-order chi connectivity index (χ0) is 61.7. The molecule has 34 nitrogen and oxygen atoms in total. The minimum Gasteiger partial charge on any atom is -0.510 e. The van der Waals surface area contributed by atoms with Gasteiger partial charge in [-0.15, -0.1) is 0 Å². The maximum absolute atomic E-state index is 12.7. The van der Waals surface area contributed by atoms with E-state index in [-0.39, 0.29) is 12.3 Å². The fraction of sp³-hybridized carbons (Fsp3) is 0.857. The molecule has 5 aliphatic heterocycles. The Bertz CT molecular complexity index is 2060. The second-order valence-electron chi connectivity index (χ2n) is 20.8. The Morgan fingerprint density at radius 1 is 0.542 bits per heavy atom. The number of rotatable bonds is 28. The van der Waals surface area contributed by atoms with E-state index in [1.807, 2.05) is 0 Å². The van der Waals surface area contributed by atoms with Crippen LogP contribution in [0.4, 0.5) is 0 Å². The molecule has 480 valence electrons. The Balaban J connectivity index is 1.46. The van der Waals surface area contributed by atoms with E-state index < -0.39 is 248 Å². The van der Waals surface area contributed by atoms with Gasteiger partial charge in [-0.1, -0.05) is 13.8 Å². The third kappa shape index (κ3) is 18.3. The molecule has 83 heavy (non-hydrogen) atoms. The van der Waals surface area contributed by atoms with E-state index in [0.717, 1.165) is 6.92 Å². The Kier molecular flexibility index (Phi) is 27.6. The Morgan fingerprint density at radius 2 is 0.964 bits per heavy atom. The number of aldehydes is 1. The van der Waals surface area contributed by atoms with Crippen molar-refractivity contribution in [2.75, 3.05) is 39.6 Å². The number of hydrogen-bond acceptors (Lipinski definition) is 32. The van der Waals surface area contributed by atoms with Gasteiger partial charge in [0.05, 0.1) is 44.7 Å². The molecule has 20 N–H and O–H groups in total. The molecule has 0 aromatic carbocycles. The number of aliphatic hydroxyl groups is 18. The summed E-state index contributed by atoms with van der Waals surface area (Å²) in [5.41, 5.74) is 0. The van der Waals surface area contributed by atoms with Crippen LogP contribution in [0.15, 0.2) is 23.7 Å². The Morgan fingerprint density at radius 3 is 1.42 bits per heavy atom. The number of ether oxygens (including phenoxy) is 11. The predicted octanol–water partition coefficient (Wildman–Crippen LogP) is -9.64. The zero-order valence-corrected chi connectivity index (χ0v) is 45.6. The smallest absolute Gasteiger partial charge is 0.217 e. The molecule has 0 radical (unpaired) electrons. The summed E-state index contributed by atoms with van der Waals surface area (Å²) >= 11 is 0. The molecule has 0 aromatic rings. The summed E-state index contributed by atoms with van der Waals surface area (Å²) in [4.78, 5) is 36.5. The largest absolute Gasteiger partial charge is 0.510 e. The summed E-state index contributed by atoms with van der Waals surface area (Å²) in [7, 11) is 0. The van der Waals surface area contributed by atoms with E-state index in [4.69, 9.17) is 57.2 Å². The van der Waals surface area contributed by atoms with Crippen molar-refractivity contribution in [1.82, 2.24) is 10.6 Å². The molecule has 12 unspecified atom stereocenters. The maximum Gasteiger partial charge on any atom is 0.217 e. The normalized spacial score (nSPS) is 40.7. The van der Waals surface area contributed by atoms with E-state index in [1.54, 1.807) is 13.8 Å². The SMILES string of the molecule is CC(=O)NC1[C@H](O[C@@H]2C(CO)O[C@@H](C(C)C)[C@@H](NC(C)=O)C2O)OC(CO)C(O[C@@H]2OC(CO[C@@H]3OC(COC4OC(C=O)CC(O)[C@H]4O)[C@@H](O)C(O[C@@H](O)/C=C(\O)[C@H](O)CCO)[C@H]3O)[C@@H](O)[C@H](O[C@@H](O)/C=C(\O)[C@H](O)CCO)C2O)[C@@H]1O. The van der Waals surface area contributed by atoms with Gasteiger partial charge >= 0.3 is 0 Å². The monoisotopic (exact) mass is 1210 g/mol. The first-order chi connectivity index (χ1) is 39.2. The van der Waals surface area contributed by atoms with Crippen molar-refractivity contribution in [1.29, 1.82) is 0 Å². The van der Waals surface area contributed by atoms with Crippen molar-refractivity contribution in [2.45, 2.75) is 219 Å². The third-order valence-electron chi connectivity index (χ3n) is 14.2. The lowest BCUT2D eigenvalue weighted by atomic mass is 9.87. The van der Waals surface area contributed by atoms with Crippen LogP contribution in [0.25, 0.3) is 0 Å². The zero-order valence-electron chi connectivity index (χ0n) is 45.6. The number of hydrogen-bond donors (Lipinski definition) is 20. The van der Waals surface area contributed by atoms with Crippen LogP contribution < -0.4 is 10.6 Å². The third-order valence-corrected chi connectivity index (χ3v) is 14.2. The number of amides is 2. The van der Waals surface area contributed by atoms with Crippen molar-refractivity contribution in [3.8, 4) is 0 Å². The standard InChI is InChI=1S/C49H82N2O32/c1-17(2)41-32(50-18(3)57)37(69)42(26(13-55)76-41)82-46-33(51-19(4)58)38(70)43(27(14-56)77-46)83-49-40(72)45(81-31(65)11-24(62)22(60)6-8-53)36(68)29(79-49)16-74-48-39(71)44(80-30(64)10-23(61)21(59)5-7-52)35(67)28(78-48)15-73-47-34(66)25(63)9-20(12-54)75-47/h10-12,17,20-22,25-49,52-53,55-56,59-72H,5-9,13-16H2,1-4H3,(H,50,57)(H,51,58)/b23-10-,24-11-/t20?,21-,22-,25?,26?,27?,28?,29?,30-,31-,32+,33?,34-,35-,36-,37?,38-,39-,40?,41+,42-,43?,44?,45+,46+,47?,48-,49+/m1/s1. The molecule has 5 aliphatic rings. The molecule has 0 spiro atoms. The average Bonchev–Trinajstić information content (AvgIpc) is 3.63. The topological polar surface area (TPSA) is 541 Å². The summed E-state index contributed by atoms with van der Waals surface area (Å²) in [6, 6.07) is -2.84. The number of carbonyl (C=O) groups is 3. The van der Waals surface area contributed by atoms with Gasteiger partial charge in [-0.05, 0) is 5.92 Å². The van der Waals surface area contributed by atoms with Gasteiger partial charge in [0.25, 0.3) is 0 Å². The quantitative estimate of drug-likeness (QED) is 0.0196. The Hall–Kier alpha value is -3.39. The number of aliphatic hydroxyl groups excluding tert-OH is 18. The highest BCUT2D eigenvalue weighted by Gasteiger charge is 2.56. The van der Waals surface area contributed by atoms with Crippen LogP contribution in [-0.2, 0) is 66.5 Å². The molecule has 0 aromatic heterocycles. The van der Waals surface area contributed by atoms with Crippen LogP contribution in [0.2, 0.25) is 0 Å². The molecular formula is C49H82N2O32. The van der Waals surface area contributed by atoms with Crippen molar-refractivity contribution >= 4 is 18.1 Å². The number of nitrogens with one attached hydrogen (secondary N) is 2. The van der Waals surface area contributed by atoms with E-state index in [0.29, 0.717) is 18.4 Å². The molecule has 2 amide bonds. The number of carbonyl (C=O) groups excluding carboxylic acids is 3. The molecular weight excluding hydrogens is 1130 g/mol. The van der Waals surface area contributed by atoms with Gasteiger partial charge in [0.15, 0.2) is 37.7 Å². The van der Waals surface area contributed by atoms with Crippen LogP contribution >= 0.6 is 0 Å². The highest BCUT2D eigenvalue weighted by Crippen LogP contribution is 2.36. The van der Waals surface area contributed by atoms with Crippen LogP contribution in [0, 0.1) is 5.92 Å². The van der Waals surface area contributed by atoms with Gasteiger partial charge in [-0.3, -0.25) is 9.59 Å². The van der Waals surface area contributed by atoms with Gasteiger partial charge in [-0.2, -0.15) is 0 Å². The molecule has 0 saturated carbocycles. The summed E-state index contributed by atoms with van der Waals surface area (Å²) < 4.78 is 63.8. The van der Waals surface area contributed by atoms with Crippen molar-refractivity contribution in [3.63, 3.8) is 0 Å². The fourth-order valence-corrected chi connectivity index (χ4v) is 9.90. The van der Waals surface area contributed by atoms with Crippen LogP contribution in [-0.4, -0.2) is 322 Å². The predicted molar refractivity (Wildman–Crippen MR) is 267 cm³/mol. The van der Waals surface area contributed by atoms with Crippen molar-refractivity contribution < 1.29 is 158 Å². The fourth-order valence-electron chi connectivity index (χ4n) is 9.90. The van der Waals surface area contributed by atoms with Crippen molar-refractivity contribution in [3.05, 3.63) is 23.7 Å². The lowest BCUT2D eigenvalue weighted by molar-refractivity contribution is -0.371. The molecule has 5 heterocycles. The molecule has 0 bridgehead atoms. The van der Waals surface area contributed by atoms with Gasteiger partial charge in [0.1, 0.15) is 134 Å². The molecule has 0 aliphatic carbocycles. The first-order valence-electron chi connectivity index (χ1n) is 26.7. The molecule has 5 rings (SSSR count). The first-order valence-corrected chi connectivity index (χ1v) is 26.7. The molecule has 34 heteroatoms. The van der Waals surface area contributed by atoms with Crippen LogP contribution in [0.1, 0.15) is 47.0 Å². The molecule has 28 atom stereocenters. The minimum absolute atomic E-state index is 0.312. The van der Waals surface area contributed by atoms with Gasteiger partial charge < -0.3 is 159 Å². The van der Waals surface area contributed by atoms with Crippen molar-refractivity contribution in [2.24, 2.45) is 5.92 Å². The Labute approximate surface area is 474 Å². The second kappa shape index (κ2) is 32.5. The van der Waals surface area contributed by atoms with E-state index in [1.165, 1.54) is 6.92 Å². The van der Waals surface area contributed by atoms with E-state index >= 15 is 0 Å². The first kappa shape index (κ1) is 70.4. The van der Waals surface area contributed by atoms with E-state index in [2.05, 4.69) is 10.6 Å². The van der Waals surface area contributed by atoms with Crippen LogP contribution in [0.5, 0.6) is 0 Å². The van der Waals surface area contributed by atoms with Gasteiger partial charge in [0.2, 0.25) is 11.8 Å². The summed E-state index contributed by atoms with van der Waals surface area (Å²) in [6.07, 6.45) is -47.6.